The summed E-state index contributed by atoms with van der Waals surface area (Å²) in [6.45, 7) is 3.76. The van der Waals surface area contributed by atoms with Gasteiger partial charge in [-0.1, -0.05) is 41.4 Å². The van der Waals surface area contributed by atoms with E-state index in [-0.39, 0.29) is 18.3 Å². The number of anilines is 1. The second kappa shape index (κ2) is 8.77. The lowest BCUT2D eigenvalue weighted by atomic mass is 10.1. The first-order valence-corrected chi connectivity index (χ1v) is 8.60. The van der Waals surface area contributed by atoms with Crippen LogP contribution in [0.3, 0.4) is 0 Å². The summed E-state index contributed by atoms with van der Waals surface area (Å²) in [4.78, 5) is 16.8. The van der Waals surface area contributed by atoms with Crippen molar-refractivity contribution in [2.24, 2.45) is 0 Å². The minimum absolute atomic E-state index is 0. The Kier molecular flexibility index (Phi) is 6.96. The number of hydrogen-bond donors (Lipinski definition) is 1. The predicted molar refractivity (Wildman–Crippen MR) is 106 cm³/mol. The monoisotopic (exact) mass is 399 g/mol. The number of carbonyl (C=O) groups excluding carboxylic acids is 1. The SMILES string of the molecule is Cl.Nc1cccc(CN2CCN(C(=O)c3c(Cl)cccc3Cl)CC2)c1. The van der Waals surface area contributed by atoms with E-state index in [1.165, 1.54) is 5.56 Å². The molecule has 0 radical (unpaired) electrons. The number of hydrogen-bond acceptors (Lipinski definition) is 3. The molecule has 134 valence electrons. The van der Waals surface area contributed by atoms with Crippen LogP contribution in [0.4, 0.5) is 5.69 Å². The van der Waals surface area contributed by atoms with Crippen LogP contribution in [0.25, 0.3) is 0 Å². The highest BCUT2D eigenvalue weighted by atomic mass is 35.5. The van der Waals surface area contributed by atoms with Gasteiger partial charge in [0, 0.05) is 38.4 Å². The van der Waals surface area contributed by atoms with Crippen LogP contribution in [0.1, 0.15) is 15.9 Å². The molecule has 0 aromatic heterocycles. The minimum atomic E-state index is -0.103. The molecule has 1 heterocycles. The van der Waals surface area contributed by atoms with Gasteiger partial charge in [-0.2, -0.15) is 0 Å². The second-order valence-corrected chi connectivity index (χ2v) is 6.72. The first-order valence-electron chi connectivity index (χ1n) is 7.84. The lowest BCUT2D eigenvalue weighted by molar-refractivity contribution is 0.0629. The lowest BCUT2D eigenvalue weighted by Crippen LogP contribution is -2.48. The van der Waals surface area contributed by atoms with Gasteiger partial charge in [0.1, 0.15) is 0 Å². The van der Waals surface area contributed by atoms with Crippen molar-refractivity contribution < 1.29 is 4.79 Å². The first-order chi connectivity index (χ1) is 11.5. The third kappa shape index (κ3) is 4.79. The van der Waals surface area contributed by atoms with Crippen LogP contribution in [0.2, 0.25) is 10.0 Å². The maximum atomic E-state index is 12.7. The van der Waals surface area contributed by atoms with Crippen LogP contribution in [0, 0.1) is 0 Å². The molecule has 1 aliphatic rings. The van der Waals surface area contributed by atoms with Crippen molar-refractivity contribution in [1.29, 1.82) is 0 Å². The quantitative estimate of drug-likeness (QED) is 0.794. The third-order valence-electron chi connectivity index (χ3n) is 4.19. The molecule has 3 rings (SSSR count). The average Bonchev–Trinajstić information content (AvgIpc) is 2.55. The standard InChI is InChI=1S/C18H19Cl2N3O.ClH/c19-15-5-2-6-16(20)17(15)18(24)23-9-7-22(8-10-23)12-13-3-1-4-14(21)11-13;/h1-6,11H,7-10,12,21H2;1H. The lowest BCUT2D eigenvalue weighted by Gasteiger charge is -2.35. The predicted octanol–water partition coefficient (Wildman–Crippen LogP) is 3.96. The first kappa shape index (κ1) is 19.9. The van der Waals surface area contributed by atoms with Crippen LogP contribution in [-0.4, -0.2) is 41.9 Å². The van der Waals surface area contributed by atoms with Gasteiger partial charge in [-0.15, -0.1) is 12.4 Å². The Morgan fingerprint density at radius 2 is 1.60 bits per heavy atom. The molecule has 0 atom stereocenters. The van der Waals surface area contributed by atoms with E-state index in [0.717, 1.165) is 25.3 Å². The summed E-state index contributed by atoms with van der Waals surface area (Å²) in [6, 6.07) is 13.0. The van der Waals surface area contributed by atoms with Crippen molar-refractivity contribution in [3.05, 3.63) is 63.6 Å². The molecule has 0 bridgehead atoms. The minimum Gasteiger partial charge on any atom is -0.399 e. The number of piperazine rings is 1. The van der Waals surface area contributed by atoms with E-state index in [4.69, 9.17) is 28.9 Å². The highest BCUT2D eigenvalue weighted by Gasteiger charge is 2.25. The Hall–Kier alpha value is -1.46. The molecular formula is C18H20Cl3N3O. The van der Waals surface area contributed by atoms with E-state index in [2.05, 4.69) is 11.0 Å². The van der Waals surface area contributed by atoms with Crippen molar-refractivity contribution in [1.82, 2.24) is 9.80 Å². The van der Waals surface area contributed by atoms with Crippen LogP contribution in [-0.2, 0) is 6.54 Å². The number of amides is 1. The Morgan fingerprint density at radius 3 is 2.20 bits per heavy atom. The Balaban J connectivity index is 0.00000225. The summed E-state index contributed by atoms with van der Waals surface area (Å²) < 4.78 is 0. The van der Waals surface area contributed by atoms with Crippen LogP contribution in [0.5, 0.6) is 0 Å². The smallest absolute Gasteiger partial charge is 0.256 e. The van der Waals surface area contributed by atoms with Gasteiger partial charge in [0.15, 0.2) is 0 Å². The molecular weight excluding hydrogens is 381 g/mol. The van der Waals surface area contributed by atoms with Crippen LogP contribution in [0.15, 0.2) is 42.5 Å². The highest BCUT2D eigenvalue weighted by molar-refractivity contribution is 6.39. The maximum absolute atomic E-state index is 12.7. The number of rotatable bonds is 3. The van der Waals surface area contributed by atoms with Crippen molar-refractivity contribution in [3.63, 3.8) is 0 Å². The summed E-state index contributed by atoms with van der Waals surface area (Å²) in [5.74, 6) is -0.103. The molecule has 7 heteroatoms. The van der Waals surface area contributed by atoms with E-state index < -0.39 is 0 Å². The van der Waals surface area contributed by atoms with Gasteiger partial charge in [-0.05, 0) is 29.8 Å². The summed E-state index contributed by atoms with van der Waals surface area (Å²) in [6.07, 6.45) is 0. The molecule has 25 heavy (non-hydrogen) atoms. The number of nitrogens with two attached hydrogens (primary N) is 1. The third-order valence-corrected chi connectivity index (χ3v) is 4.82. The Labute approximate surface area is 163 Å². The Morgan fingerprint density at radius 1 is 1.00 bits per heavy atom. The number of halogens is 3. The average molecular weight is 401 g/mol. The van der Waals surface area contributed by atoms with Crippen LogP contribution < -0.4 is 5.73 Å². The zero-order valence-corrected chi connectivity index (χ0v) is 15.9. The molecule has 1 saturated heterocycles. The number of benzene rings is 2. The van der Waals surface area contributed by atoms with Gasteiger partial charge in [0.05, 0.1) is 15.6 Å². The van der Waals surface area contributed by atoms with Crippen molar-refractivity contribution >= 4 is 47.2 Å². The zero-order chi connectivity index (χ0) is 17.1. The van der Waals surface area contributed by atoms with Gasteiger partial charge in [0.25, 0.3) is 5.91 Å². The number of nitrogens with zero attached hydrogens (tertiary/aromatic N) is 2. The molecule has 1 aliphatic heterocycles. The van der Waals surface area contributed by atoms with Crippen molar-refractivity contribution in [3.8, 4) is 0 Å². The summed E-state index contributed by atoms with van der Waals surface area (Å²) in [7, 11) is 0. The molecule has 1 fully saturated rings. The molecule has 0 spiro atoms. The van der Waals surface area contributed by atoms with Gasteiger partial charge in [-0.3, -0.25) is 9.69 Å². The molecule has 2 aromatic rings. The van der Waals surface area contributed by atoms with Gasteiger partial charge >= 0.3 is 0 Å². The number of carbonyl (C=O) groups is 1. The number of nitrogen functional groups attached to an aromatic ring is 1. The molecule has 0 aliphatic carbocycles. The zero-order valence-electron chi connectivity index (χ0n) is 13.6. The summed E-state index contributed by atoms with van der Waals surface area (Å²) in [5.41, 5.74) is 8.17. The molecule has 2 N–H and O–H groups in total. The summed E-state index contributed by atoms with van der Waals surface area (Å²) in [5, 5.41) is 0.796. The van der Waals surface area contributed by atoms with E-state index in [0.29, 0.717) is 28.7 Å². The largest absolute Gasteiger partial charge is 0.399 e. The molecule has 4 nitrogen and oxygen atoms in total. The van der Waals surface area contributed by atoms with E-state index in [9.17, 15) is 4.79 Å². The van der Waals surface area contributed by atoms with Gasteiger partial charge in [0.2, 0.25) is 0 Å². The van der Waals surface area contributed by atoms with Crippen LogP contribution >= 0.6 is 35.6 Å². The van der Waals surface area contributed by atoms with E-state index in [1.807, 2.05) is 23.1 Å². The normalized spacial score (nSPS) is 14.9. The van der Waals surface area contributed by atoms with Crippen molar-refractivity contribution in [2.75, 3.05) is 31.9 Å². The van der Waals surface area contributed by atoms with Crippen molar-refractivity contribution in [2.45, 2.75) is 6.54 Å². The highest BCUT2D eigenvalue weighted by Crippen LogP contribution is 2.26. The fraction of sp³-hybridized carbons (Fsp3) is 0.278. The molecule has 2 aromatic carbocycles. The van der Waals surface area contributed by atoms with Gasteiger partial charge < -0.3 is 10.6 Å². The fourth-order valence-electron chi connectivity index (χ4n) is 2.92. The Bertz CT molecular complexity index is 726. The van der Waals surface area contributed by atoms with E-state index >= 15 is 0 Å². The molecule has 1 amide bonds. The fourth-order valence-corrected chi connectivity index (χ4v) is 3.48. The van der Waals surface area contributed by atoms with Gasteiger partial charge in [-0.25, -0.2) is 0 Å². The molecule has 0 unspecified atom stereocenters. The second-order valence-electron chi connectivity index (χ2n) is 5.91. The summed E-state index contributed by atoms with van der Waals surface area (Å²) >= 11 is 12.3. The maximum Gasteiger partial charge on any atom is 0.256 e. The van der Waals surface area contributed by atoms with E-state index in [1.54, 1.807) is 18.2 Å². The molecule has 0 saturated carbocycles. The topological polar surface area (TPSA) is 49.6 Å².